The van der Waals surface area contributed by atoms with E-state index in [2.05, 4.69) is 6.92 Å². The Morgan fingerprint density at radius 2 is 1.52 bits per heavy atom. The van der Waals surface area contributed by atoms with Crippen LogP contribution in [0.2, 0.25) is 0 Å². The summed E-state index contributed by atoms with van der Waals surface area (Å²) in [7, 11) is 0. The normalized spacial score (nSPS) is 13.3. The molecule has 0 aliphatic heterocycles. The number of hydrogen-bond donors (Lipinski definition) is 2. The number of aryl methyl sites for hydroxylation is 1. The van der Waals surface area contributed by atoms with Crippen LogP contribution >= 0.6 is 0 Å². The van der Waals surface area contributed by atoms with Crippen molar-refractivity contribution < 1.29 is 19.7 Å². The van der Waals surface area contributed by atoms with Crippen LogP contribution in [0.1, 0.15) is 95.3 Å². The van der Waals surface area contributed by atoms with Gasteiger partial charge in [-0.2, -0.15) is 0 Å². The highest BCUT2D eigenvalue weighted by Gasteiger charge is 2.26. The molecule has 0 saturated carbocycles. The summed E-state index contributed by atoms with van der Waals surface area (Å²) in [5, 5.41) is 20.1. The SMILES string of the molecule is CCCCCCCCCCCCc1cccc([C@@H](O)[C@H](O)C(=O)OCC)c1. The maximum Gasteiger partial charge on any atom is 0.338 e. The Kier molecular flexibility index (Phi) is 12.8. The number of carbonyl (C=O) groups excluding carboxylic acids is 1. The van der Waals surface area contributed by atoms with Gasteiger partial charge in [0.05, 0.1) is 6.61 Å². The Morgan fingerprint density at radius 3 is 2.11 bits per heavy atom. The number of rotatable bonds is 15. The Morgan fingerprint density at radius 1 is 0.926 bits per heavy atom. The van der Waals surface area contributed by atoms with Gasteiger partial charge in [-0.05, 0) is 30.9 Å². The van der Waals surface area contributed by atoms with Gasteiger partial charge in [0.2, 0.25) is 0 Å². The summed E-state index contributed by atoms with van der Waals surface area (Å²) in [6.07, 6.45) is 11.2. The first kappa shape index (κ1) is 23.6. The second kappa shape index (κ2) is 14.6. The van der Waals surface area contributed by atoms with E-state index in [1.165, 1.54) is 57.8 Å². The molecule has 0 aliphatic carbocycles. The molecule has 0 saturated heterocycles. The summed E-state index contributed by atoms with van der Waals surface area (Å²) in [6.45, 7) is 4.10. The fraction of sp³-hybridized carbons (Fsp3) is 0.696. The molecule has 4 heteroatoms. The van der Waals surface area contributed by atoms with E-state index in [1.54, 1.807) is 13.0 Å². The number of aliphatic hydroxyl groups excluding tert-OH is 2. The van der Waals surface area contributed by atoms with Crippen LogP contribution in [0.5, 0.6) is 0 Å². The molecule has 0 spiro atoms. The second-order valence-electron chi connectivity index (χ2n) is 7.32. The van der Waals surface area contributed by atoms with Crippen molar-refractivity contribution in [1.82, 2.24) is 0 Å². The molecule has 27 heavy (non-hydrogen) atoms. The molecule has 1 rings (SSSR count). The third-order valence-electron chi connectivity index (χ3n) is 4.94. The molecular formula is C23H38O4. The highest BCUT2D eigenvalue weighted by atomic mass is 16.5. The molecule has 1 aromatic carbocycles. The van der Waals surface area contributed by atoms with E-state index in [-0.39, 0.29) is 6.61 Å². The maximum atomic E-state index is 11.6. The van der Waals surface area contributed by atoms with E-state index >= 15 is 0 Å². The monoisotopic (exact) mass is 378 g/mol. The first-order chi connectivity index (χ1) is 13.1. The van der Waals surface area contributed by atoms with Gasteiger partial charge in [-0.3, -0.25) is 0 Å². The largest absolute Gasteiger partial charge is 0.464 e. The molecule has 2 atom stereocenters. The first-order valence-electron chi connectivity index (χ1n) is 10.7. The van der Waals surface area contributed by atoms with Crippen LogP contribution in [-0.4, -0.2) is 28.9 Å². The highest BCUT2D eigenvalue weighted by molar-refractivity contribution is 5.75. The van der Waals surface area contributed by atoms with Crippen molar-refractivity contribution in [2.24, 2.45) is 0 Å². The van der Waals surface area contributed by atoms with E-state index in [9.17, 15) is 15.0 Å². The third-order valence-corrected chi connectivity index (χ3v) is 4.94. The molecule has 0 aliphatic rings. The number of unbranched alkanes of at least 4 members (excludes halogenated alkanes) is 9. The summed E-state index contributed by atoms with van der Waals surface area (Å²) < 4.78 is 4.77. The molecule has 4 nitrogen and oxygen atoms in total. The topological polar surface area (TPSA) is 66.8 Å². The Hall–Kier alpha value is -1.39. The van der Waals surface area contributed by atoms with Gasteiger partial charge < -0.3 is 14.9 Å². The first-order valence-corrected chi connectivity index (χ1v) is 10.7. The van der Waals surface area contributed by atoms with Crippen LogP contribution in [0.25, 0.3) is 0 Å². The quantitative estimate of drug-likeness (QED) is 0.329. The summed E-state index contributed by atoms with van der Waals surface area (Å²) in [4.78, 5) is 11.6. The van der Waals surface area contributed by atoms with Crippen molar-refractivity contribution in [1.29, 1.82) is 0 Å². The lowest BCUT2D eigenvalue weighted by Crippen LogP contribution is -2.29. The molecule has 0 heterocycles. The van der Waals surface area contributed by atoms with Crippen LogP contribution in [0.4, 0.5) is 0 Å². The van der Waals surface area contributed by atoms with E-state index in [0.717, 1.165) is 18.4 Å². The lowest BCUT2D eigenvalue weighted by atomic mass is 9.98. The standard InChI is InChI=1S/C23H38O4/c1-3-5-6-7-8-9-10-11-12-13-15-19-16-14-17-20(18-19)21(24)22(25)23(26)27-4-2/h14,16-18,21-22,24-25H,3-13,15H2,1-2H3/t21-,22+/m1/s1. The van der Waals surface area contributed by atoms with Crippen molar-refractivity contribution in [2.45, 2.75) is 96.7 Å². The summed E-state index contributed by atoms with van der Waals surface area (Å²) in [5.41, 5.74) is 1.68. The van der Waals surface area contributed by atoms with Crippen molar-refractivity contribution in [3.05, 3.63) is 35.4 Å². The van der Waals surface area contributed by atoms with Crippen molar-refractivity contribution >= 4 is 5.97 Å². The van der Waals surface area contributed by atoms with E-state index in [1.807, 2.05) is 18.2 Å². The number of ether oxygens (including phenoxy) is 1. The van der Waals surface area contributed by atoms with Gasteiger partial charge in [-0.15, -0.1) is 0 Å². The molecule has 2 N–H and O–H groups in total. The summed E-state index contributed by atoms with van der Waals surface area (Å²) in [6, 6.07) is 7.50. The molecule has 1 aromatic rings. The zero-order chi connectivity index (χ0) is 19.9. The van der Waals surface area contributed by atoms with Crippen LogP contribution in [0.15, 0.2) is 24.3 Å². The maximum absolute atomic E-state index is 11.6. The van der Waals surface area contributed by atoms with Gasteiger partial charge in [-0.1, -0.05) is 89.0 Å². The van der Waals surface area contributed by atoms with E-state index < -0.39 is 18.2 Å². The molecule has 0 bridgehead atoms. The fourth-order valence-corrected chi connectivity index (χ4v) is 3.29. The minimum Gasteiger partial charge on any atom is -0.464 e. The van der Waals surface area contributed by atoms with Crippen LogP contribution < -0.4 is 0 Å². The Balaban J connectivity index is 2.27. The molecular weight excluding hydrogens is 340 g/mol. The molecule has 0 unspecified atom stereocenters. The van der Waals surface area contributed by atoms with Crippen molar-refractivity contribution in [2.75, 3.05) is 6.61 Å². The van der Waals surface area contributed by atoms with Crippen LogP contribution in [0.3, 0.4) is 0 Å². The van der Waals surface area contributed by atoms with E-state index in [4.69, 9.17) is 4.74 Å². The smallest absolute Gasteiger partial charge is 0.338 e. The Labute approximate surface area is 164 Å². The van der Waals surface area contributed by atoms with Crippen molar-refractivity contribution in [3.8, 4) is 0 Å². The molecule has 0 radical (unpaired) electrons. The summed E-state index contributed by atoms with van der Waals surface area (Å²) in [5.74, 6) is -0.787. The average Bonchev–Trinajstić information content (AvgIpc) is 2.68. The molecule has 154 valence electrons. The number of aliphatic hydroxyl groups is 2. The number of carbonyl (C=O) groups is 1. The molecule has 0 aromatic heterocycles. The lowest BCUT2D eigenvalue weighted by molar-refractivity contribution is -0.159. The number of hydrogen-bond acceptors (Lipinski definition) is 4. The van der Waals surface area contributed by atoms with Gasteiger partial charge in [0, 0.05) is 0 Å². The lowest BCUT2D eigenvalue weighted by Gasteiger charge is -2.17. The second-order valence-corrected chi connectivity index (χ2v) is 7.32. The number of benzene rings is 1. The fourth-order valence-electron chi connectivity index (χ4n) is 3.29. The highest BCUT2D eigenvalue weighted by Crippen LogP contribution is 2.20. The van der Waals surface area contributed by atoms with Gasteiger partial charge >= 0.3 is 5.97 Å². The zero-order valence-corrected chi connectivity index (χ0v) is 17.2. The molecule has 0 amide bonds. The third kappa shape index (κ3) is 9.92. The minimum atomic E-state index is -1.54. The predicted molar refractivity (Wildman–Crippen MR) is 110 cm³/mol. The van der Waals surface area contributed by atoms with Crippen molar-refractivity contribution in [3.63, 3.8) is 0 Å². The average molecular weight is 379 g/mol. The van der Waals surface area contributed by atoms with Gasteiger partial charge in [0.25, 0.3) is 0 Å². The number of esters is 1. The van der Waals surface area contributed by atoms with E-state index in [0.29, 0.717) is 5.56 Å². The van der Waals surface area contributed by atoms with Crippen LogP contribution in [-0.2, 0) is 16.0 Å². The summed E-state index contributed by atoms with van der Waals surface area (Å²) >= 11 is 0. The predicted octanol–water partition coefficient (Wildman–Crippen LogP) is 5.11. The molecule has 0 fully saturated rings. The Bertz CT molecular complexity index is 515. The zero-order valence-electron chi connectivity index (χ0n) is 17.2. The van der Waals surface area contributed by atoms with Gasteiger partial charge in [-0.25, -0.2) is 4.79 Å². The van der Waals surface area contributed by atoms with Gasteiger partial charge in [0.1, 0.15) is 6.10 Å². The minimum absolute atomic E-state index is 0.182. The van der Waals surface area contributed by atoms with Gasteiger partial charge in [0.15, 0.2) is 6.10 Å². The van der Waals surface area contributed by atoms with Crippen LogP contribution in [0, 0.1) is 0 Å².